The van der Waals surface area contributed by atoms with Crippen LogP contribution in [0.2, 0.25) is 0 Å². The summed E-state index contributed by atoms with van der Waals surface area (Å²) < 4.78 is 5.32. The van der Waals surface area contributed by atoms with E-state index in [1.54, 1.807) is 12.4 Å². The summed E-state index contributed by atoms with van der Waals surface area (Å²) in [5.41, 5.74) is 3.74. The third-order valence-corrected chi connectivity index (χ3v) is 3.94. The van der Waals surface area contributed by atoms with E-state index in [0.717, 1.165) is 39.8 Å². The van der Waals surface area contributed by atoms with Crippen molar-refractivity contribution in [3.8, 4) is 0 Å². The number of hydrogen-bond acceptors (Lipinski definition) is 4. The molecule has 0 fully saturated rings. The fraction of sp³-hybridized carbons (Fsp3) is 0.200. The van der Waals surface area contributed by atoms with Gasteiger partial charge >= 0.3 is 6.09 Å². The molecule has 2 aromatic carbocycles. The average molecular weight is 335 g/mol. The fourth-order valence-corrected chi connectivity index (χ4v) is 2.79. The standard InChI is InChI=1S/C20H21N3O2/c1-3-22-19-14(2)11-18(16-9-10-21-12-17(16)19)23-20(24)25-13-15-7-5-4-6-8-15/h4-12,22H,3,13H2,1-2H3,(H,23,24). The zero-order valence-corrected chi connectivity index (χ0v) is 14.4. The van der Waals surface area contributed by atoms with E-state index in [1.165, 1.54) is 0 Å². The first-order chi connectivity index (χ1) is 12.2. The predicted molar refractivity (Wildman–Crippen MR) is 101 cm³/mol. The molecule has 25 heavy (non-hydrogen) atoms. The Balaban J connectivity index is 1.81. The number of carbonyl (C=O) groups is 1. The summed E-state index contributed by atoms with van der Waals surface area (Å²) >= 11 is 0. The van der Waals surface area contributed by atoms with Crippen molar-refractivity contribution in [2.45, 2.75) is 20.5 Å². The normalized spacial score (nSPS) is 10.5. The number of ether oxygens (including phenoxy) is 1. The van der Waals surface area contributed by atoms with E-state index < -0.39 is 6.09 Å². The van der Waals surface area contributed by atoms with Gasteiger partial charge in [-0.05, 0) is 37.1 Å². The SMILES string of the molecule is CCNc1c(C)cc(NC(=O)OCc2ccccc2)c2ccncc12. The predicted octanol–water partition coefficient (Wildman–Crippen LogP) is 4.72. The lowest BCUT2D eigenvalue weighted by molar-refractivity contribution is 0.155. The quantitative estimate of drug-likeness (QED) is 0.708. The largest absolute Gasteiger partial charge is 0.444 e. The maximum Gasteiger partial charge on any atom is 0.411 e. The number of pyridine rings is 1. The Hall–Kier alpha value is -3.08. The minimum absolute atomic E-state index is 0.237. The molecule has 1 heterocycles. The number of nitrogens with one attached hydrogen (secondary N) is 2. The second kappa shape index (κ2) is 7.66. The highest BCUT2D eigenvalue weighted by Crippen LogP contribution is 2.32. The molecule has 3 aromatic rings. The second-order valence-electron chi connectivity index (χ2n) is 5.75. The number of aromatic nitrogens is 1. The number of fused-ring (bicyclic) bond motifs is 1. The molecular formula is C20H21N3O2. The minimum atomic E-state index is -0.474. The zero-order valence-electron chi connectivity index (χ0n) is 14.4. The Morgan fingerprint density at radius 1 is 1.16 bits per heavy atom. The van der Waals surface area contributed by atoms with E-state index in [1.807, 2.05) is 49.4 Å². The van der Waals surface area contributed by atoms with Crippen LogP contribution in [-0.2, 0) is 11.3 Å². The van der Waals surface area contributed by atoms with Crippen LogP contribution in [0.4, 0.5) is 16.2 Å². The number of benzene rings is 2. The van der Waals surface area contributed by atoms with Crippen LogP contribution in [0.25, 0.3) is 10.8 Å². The molecule has 0 unspecified atom stereocenters. The summed E-state index contributed by atoms with van der Waals surface area (Å²) in [6, 6.07) is 13.4. The average Bonchev–Trinajstić information content (AvgIpc) is 2.64. The van der Waals surface area contributed by atoms with Crippen LogP contribution in [0.5, 0.6) is 0 Å². The Kier molecular flexibility index (Phi) is 5.14. The van der Waals surface area contributed by atoms with Gasteiger partial charge in [-0.3, -0.25) is 10.3 Å². The molecule has 0 spiro atoms. The molecule has 128 valence electrons. The fourth-order valence-electron chi connectivity index (χ4n) is 2.79. The molecule has 1 aromatic heterocycles. The van der Waals surface area contributed by atoms with Crippen molar-refractivity contribution in [3.63, 3.8) is 0 Å². The van der Waals surface area contributed by atoms with Gasteiger partial charge in [0.05, 0.1) is 5.69 Å². The molecule has 0 atom stereocenters. The van der Waals surface area contributed by atoms with Crippen LogP contribution in [0.15, 0.2) is 54.9 Å². The van der Waals surface area contributed by atoms with Gasteiger partial charge in [-0.15, -0.1) is 0 Å². The summed E-state index contributed by atoms with van der Waals surface area (Å²) in [4.78, 5) is 16.4. The highest BCUT2D eigenvalue weighted by molar-refractivity contribution is 6.06. The minimum Gasteiger partial charge on any atom is -0.444 e. The Bertz CT molecular complexity index is 879. The van der Waals surface area contributed by atoms with Gasteiger partial charge in [0.25, 0.3) is 0 Å². The van der Waals surface area contributed by atoms with E-state index in [4.69, 9.17) is 4.74 Å². The van der Waals surface area contributed by atoms with Crippen LogP contribution < -0.4 is 10.6 Å². The molecule has 5 nitrogen and oxygen atoms in total. The van der Waals surface area contributed by atoms with Crippen molar-refractivity contribution >= 4 is 28.2 Å². The van der Waals surface area contributed by atoms with Crippen molar-refractivity contribution in [1.82, 2.24) is 4.98 Å². The number of anilines is 2. The van der Waals surface area contributed by atoms with E-state index in [9.17, 15) is 4.79 Å². The zero-order chi connectivity index (χ0) is 17.6. The molecule has 5 heteroatoms. The third kappa shape index (κ3) is 3.88. The number of rotatable bonds is 5. The smallest absolute Gasteiger partial charge is 0.411 e. The van der Waals surface area contributed by atoms with Crippen LogP contribution in [0.3, 0.4) is 0 Å². The lowest BCUT2D eigenvalue weighted by atomic mass is 10.0. The lowest BCUT2D eigenvalue weighted by Crippen LogP contribution is -2.14. The lowest BCUT2D eigenvalue weighted by Gasteiger charge is -2.15. The number of carbonyl (C=O) groups excluding carboxylic acids is 1. The van der Waals surface area contributed by atoms with Crippen molar-refractivity contribution in [2.24, 2.45) is 0 Å². The van der Waals surface area contributed by atoms with E-state index in [-0.39, 0.29) is 6.61 Å². The van der Waals surface area contributed by atoms with Gasteiger partial charge in [0, 0.05) is 35.4 Å². The molecule has 1 amide bonds. The Labute approximate surface area is 147 Å². The summed E-state index contributed by atoms with van der Waals surface area (Å²) in [6.07, 6.45) is 3.05. The van der Waals surface area contributed by atoms with Crippen molar-refractivity contribution < 1.29 is 9.53 Å². The first kappa shape index (κ1) is 16.8. The van der Waals surface area contributed by atoms with Gasteiger partial charge < -0.3 is 10.1 Å². The molecule has 0 aliphatic heterocycles. The third-order valence-electron chi connectivity index (χ3n) is 3.94. The monoisotopic (exact) mass is 335 g/mol. The maximum absolute atomic E-state index is 12.2. The second-order valence-corrected chi connectivity index (χ2v) is 5.75. The summed E-state index contributed by atoms with van der Waals surface area (Å²) in [5.74, 6) is 0. The van der Waals surface area contributed by atoms with E-state index in [2.05, 4.69) is 22.5 Å². The highest BCUT2D eigenvalue weighted by Gasteiger charge is 2.12. The molecule has 3 rings (SSSR count). The molecule has 0 saturated heterocycles. The number of nitrogens with zero attached hydrogens (tertiary/aromatic N) is 1. The maximum atomic E-state index is 12.2. The molecule has 0 aliphatic rings. The summed E-state index contributed by atoms with van der Waals surface area (Å²) in [5, 5.41) is 8.11. The molecular weight excluding hydrogens is 314 g/mol. The van der Waals surface area contributed by atoms with Gasteiger partial charge in [0.15, 0.2) is 0 Å². The first-order valence-corrected chi connectivity index (χ1v) is 8.28. The summed E-state index contributed by atoms with van der Waals surface area (Å²) in [7, 11) is 0. The topological polar surface area (TPSA) is 63.2 Å². The van der Waals surface area contributed by atoms with Gasteiger partial charge in [0.2, 0.25) is 0 Å². The van der Waals surface area contributed by atoms with Crippen LogP contribution in [0, 0.1) is 6.92 Å². The molecule has 2 N–H and O–H groups in total. The van der Waals surface area contributed by atoms with Gasteiger partial charge in [-0.2, -0.15) is 0 Å². The van der Waals surface area contributed by atoms with E-state index >= 15 is 0 Å². The van der Waals surface area contributed by atoms with Crippen LogP contribution in [-0.4, -0.2) is 17.6 Å². The van der Waals surface area contributed by atoms with Gasteiger partial charge in [-0.1, -0.05) is 30.3 Å². The van der Waals surface area contributed by atoms with Crippen LogP contribution in [0.1, 0.15) is 18.1 Å². The molecule has 0 saturated carbocycles. The van der Waals surface area contributed by atoms with Crippen molar-refractivity contribution in [2.75, 3.05) is 17.2 Å². The van der Waals surface area contributed by atoms with Crippen LogP contribution >= 0.6 is 0 Å². The number of amides is 1. The van der Waals surface area contributed by atoms with Crippen molar-refractivity contribution in [1.29, 1.82) is 0 Å². The molecule has 0 bridgehead atoms. The van der Waals surface area contributed by atoms with Crippen molar-refractivity contribution in [3.05, 3.63) is 66.0 Å². The number of aryl methyl sites for hydroxylation is 1. The molecule has 0 aliphatic carbocycles. The van der Waals surface area contributed by atoms with Gasteiger partial charge in [-0.25, -0.2) is 4.79 Å². The first-order valence-electron chi connectivity index (χ1n) is 8.28. The highest BCUT2D eigenvalue weighted by atomic mass is 16.5. The summed E-state index contributed by atoms with van der Waals surface area (Å²) in [6.45, 7) is 5.11. The number of hydrogen-bond donors (Lipinski definition) is 2. The Morgan fingerprint density at radius 3 is 2.72 bits per heavy atom. The van der Waals surface area contributed by atoms with Gasteiger partial charge in [0.1, 0.15) is 6.61 Å². The molecule has 0 radical (unpaired) electrons. The van der Waals surface area contributed by atoms with E-state index in [0.29, 0.717) is 0 Å². The Morgan fingerprint density at radius 2 is 1.96 bits per heavy atom.